The minimum atomic E-state index is -3.08. The fraction of sp³-hybridized carbons (Fsp3) is 0.588. The van der Waals surface area contributed by atoms with Gasteiger partial charge in [0.25, 0.3) is 0 Å². The lowest BCUT2D eigenvalue weighted by Gasteiger charge is -2.32. The number of nitrogens with zero attached hydrogens (tertiary/aromatic N) is 1. The fourth-order valence-electron chi connectivity index (χ4n) is 3.31. The molecule has 1 aliphatic carbocycles. The molecule has 0 radical (unpaired) electrons. The van der Waals surface area contributed by atoms with Crippen LogP contribution in [-0.4, -0.2) is 36.8 Å². The van der Waals surface area contributed by atoms with Crippen LogP contribution in [0.15, 0.2) is 24.3 Å². The highest BCUT2D eigenvalue weighted by Gasteiger charge is 2.36. The fourth-order valence-corrected chi connectivity index (χ4v) is 5.04. The average Bonchev–Trinajstić information content (AvgIpc) is 2.81. The molecule has 0 N–H and O–H groups in total. The van der Waals surface area contributed by atoms with Crippen LogP contribution >= 0.6 is 0 Å². The predicted octanol–water partition coefficient (Wildman–Crippen LogP) is 2.53. The maximum Gasteiger partial charge on any atom is 0.223 e. The molecule has 1 amide bonds. The molecule has 1 aromatic rings. The van der Waals surface area contributed by atoms with Crippen molar-refractivity contribution >= 4 is 15.7 Å². The minimum Gasteiger partial charge on any atom is -0.334 e. The molecule has 1 heterocycles. The van der Waals surface area contributed by atoms with E-state index in [0.29, 0.717) is 24.3 Å². The van der Waals surface area contributed by atoms with E-state index in [1.807, 2.05) is 0 Å². The molecular formula is C17H22FNO3S. The van der Waals surface area contributed by atoms with E-state index in [1.165, 1.54) is 6.07 Å². The summed E-state index contributed by atoms with van der Waals surface area (Å²) in [6, 6.07) is 6.04. The van der Waals surface area contributed by atoms with Crippen molar-refractivity contribution in [3.63, 3.8) is 0 Å². The Morgan fingerprint density at radius 1 is 1.22 bits per heavy atom. The summed E-state index contributed by atoms with van der Waals surface area (Å²) in [7, 11) is -3.08. The third-order valence-corrected chi connectivity index (χ3v) is 6.71. The van der Waals surface area contributed by atoms with Crippen molar-refractivity contribution in [3.05, 3.63) is 35.6 Å². The first-order chi connectivity index (χ1) is 10.9. The standard InChI is InChI=1S/C17H22FNO3S/c18-16-7-2-1-6-14(16)11-19(15-8-9-23(21,22)12-15)17(20)10-13-4-3-5-13/h1-2,6-7,13,15H,3-5,8-12H2/t15-/m1/s1. The van der Waals surface area contributed by atoms with Crippen LogP contribution < -0.4 is 0 Å². The van der Waals surface area contributed by atoms with E-state index in [1.54, 1.807) is 23.1 Å². The van der Waals surface area contributed by atoms with E-state index in [-0.39, 0.29) is 35.8 Å². The molecule has 6 heteroatoms. The molecule has 23 heavy (non-hydrogen) atoms. The first kappa shape index (κ1) is 16.4. The molecular weight excluding hydrogens is 317 g/mol. The lowest BCUT2D eigenvalue weighted by molar-refractivity contribution is -0.135. The minimum absolute atomic E-state index is 0.00212. The van der Waals surface area contributed by atoms with Crippen molar-refractivity contribution in [2.24, 2.45) is 5.92 Å². The summed E-state index contributed by atoms with van der Waals surface area (Å²) < 4.78 is 37.5. The maximum absolute atomic E-state index is 13.9. The van der Waals surface area contributed by atoms with Crippen LogP contribution in [0.1, 0.15) is 37.7 Å². The van der Waals surface area contributed by atoms with Gasteiger partial charge in [-0.2, -0.15) is 0 Å². The summed E-state index contributed by atoms with van der Waals surface area (Å²) >= 11 is 0. The monoisotopic (exact) mass is 339 g/mol. The number of benzene rings is 1. The van der Waals surface area contributed by atoms with Crippen molar-refractivity contribution in [2.75, 3.05) is 11.5 Å². The van der Waals surface area contributed by atoms with Crippen LogP contribution in [0.25, 0.3) is 0 Å². The zero-order valence-electron chi connectivity index (χ0n) is 13.1. The van der Waals surface area contributed by atoms with Gasteiger partial charge in [0.1, 0.15) is 5.82 Å². The van der Waals surface area contributed by atoms with E-state index in [9.17, 15) is 17.6 Å². The van der Waals surface area contributed by atoms with E-state index >= 15 is 0 Å². The Bertz CT molecular complexity index is 685. The predicted molar refractivity (Wildman–Crippen MR) is 86.0 cm³/mol. The van der Waals surface area contributed by atoms with Gasteiger partial charge in [0.2, 0.25) is 5.91 Å². The van der Waals surface area contributed by atoms with Gasteiger partial charge in [0.15, 0.2) is 9.84 Å². The highest BCUT2D eigenvalue weighted by molar-refractivity contribution is 7.91. The van der Waals surface area contributed by atoms with Crippen molar-refractivity contribution in [2.45, 2.75) is 44.7 Å². The van der Waals surface area contributed by atoms with E-state index in [4.69, 9.17) is 0 Å². The van der Waals surface area contributed by atoms with Gasteiger partial charge >= 0.3 is 0 Å². The summed E-state index contributed by atoms with van der Waals surface area (Å²) in [5.74, 6) is 0.124. The van der Waals surface area contributed by atoms with Crippen LogP contribution in [0.5, 0.6) is 0 Å². The van der Waals surface area contributed by atoms with Crippen LogP contribution in [0, 0.1) is 11.7 Å². The largest absolute Gasteiger partial charge is 0.334 e. The van der Waals surface area contributed by atoms with E-state index in [2.05, 4.69) is 0 Å². The Labute approximate surface area is 136 Å². The molecule has 2 fully saturated rings. The lowest BCUT2D eigenvalue weighted by Crippen LogP contribution is -2.42. The Morgan fingerprint density at radius 2 is 1.96 bits per heavy atom. The number of carbonyl (C=O) groups is 1. The van der Waals surface area contributed by atoms with Crippen molar-refractivity contribution in [1.82, 2.24) is 4.90 Å². The van der Waals surface area contributed by atoms with Gasteiger partial charge in [-0.05, 0) is 31.2 Å². The molecule has 0 aromatic heterocycles. The van der Waals surface area contributed by atoms with Gasteiger partial charge in [-0.3, -0.25) is 4.79 Å². The second kappa shape index (κ2) is 6.59. The molecule has 1 saturated carbocycles. The Balaban J connectivity index is 1.78. The second-order valence-corrected chi connectivity index (χ2v) is 8.90. The third-order valence-electron chi connectivity index (χ3n) is 4.96. The van der Waals surface area contributed by atoms with Crippen LogP contribution in [0.2, 0.25) is 0 Å². The number of hydrogen-bond donors (Lipinski definition) is 0. The summed E-state index contributed by atoms with van der Waals surface area (Å²) in [6.45, 7) is 0.151. The van der Waals surface area contributed by atoms with Crippen LogP contribution in [-0.2, 0) is 21.2 Å². The molecule has 126 valence electrons. The van der Waals surface area contributed by atoms with Crippen LogP contribution in [0.3, 0.4) is 0 Å². The Hall–Kier alpha value is -1.43. The normalized spacial score (nSPS) is 23.4. The highest BCUT2D eigenvalue weighted by Crippen LogP contribution is 2.31. The SMILES string of the molecule is O=C(CC1CCC1)N(Cc1ccccc1F)[C@@H]1CCS(=O)(=O)C1. The number of carbonyl (C=O) groups excluding carboxylic acids is 1. The number of hydrogen-bond acceptors (Lipinski definition) is 3. The molecule has 0 spiro atoms. The zero-order chi connectivity index (χ0) is 16.4. The first-order valence-corrected chi connectivity index (χ1v) is 10.00. The van der Waals surface area contributed by atoms with Gasteiger partial charge in [-0.15, -0.1) is 0 Å². The second-order valence-electron chi connectivity index (χ2n) is 6.67. The van der Waals surface area contributed by atoms with Crippen molar-refractivity contribution in [1.29, 1.82) is 0 Å². The molecule has 2 aliphatic rings. The molecule has 0 unspecified atom stereocenters. The van der Waals surface area contributed by atoms with Gasteiger partial charge in [-0.1, -0.05) is 24.6 Å². The number of sulfone groups is 1. The zero-order valence-corrected chi connectivity index (χ0v) is 13.9. The van der Waals surface area contributed by atoms with E-state index < -0.39 is 9.84 Å². The number of amides is 1. The molecule has 3 rings (SSSR count). The van der Waals surface area contributed by atoms with E-state index in [0.717, 1.165) is 19.3 Å². The van der Waals surface area contributed by atoms with Gasteiger partial charge in [0, 0.05) is 24.6 Å². The lowest BCUT2D eigenvalue weighted by atomic mass is 9.82. The topological polar surface area (TPSA) is 54.5 Å². The molecule has 1 aromatic carbocycles. The van der Waals surface area contributed by atoms with Crippen LogP contribution in [0.4, 0.5) is 4.39 Å². The Kier molecular flexibility index (Phi) is 4.71. The summed E-state index contributed by atoms with van der Waals surface area (Å²) in [4.78, 5) is 14.3. The Morgan fingerprint density at radius 3 is 2.52 bits per heavy atom. The molecule has 1 atom stereocenters. The number of rotatable bonds is 5. The van der Waals surface area contributed by atoms with Gasteiger partial charge in [0.05, 0.1) is 11.5 Å². The summed E-state index contributed by atoms with van der Waals surface area (Å²) in [5.41, 5.74) is 0.443. The third kappa shape index (κ3) is 3.91. The smallest absolute Gasteiger partial charge is 0.223 e. The average molecular weight is 339 g/mol. The summed E-state index contributed by atoms with van der Waals surface area (Å²) in [6.07, 6.45) is 4.17. The molecule has 0 bridgehead atoms. The molecule has 1 aliphatic heterocycles. The molecule has 1 saturated heterocycles. The van der Waals surface area contributed by atoms with Crippen molar-refractivity contribution < 1.29 is 17.6 Å². The van der Waals surface area contributed by atoms with Gasteiger partial charge in [-0.25, -0.2) is 12.8 Å². The van der Waals surface area contributed by atoms with Gasteiger partial charge < -0.3 is 4.90 Å². The highest BCUT2D eigenvalue weighted by atomic mass is 32.2. The van der Waals surface area contributed by atoms with Crippen molar-refractivity contribution in [3.8, 4) is 0 Å². The first-order valence-electron chi connectivity index (χ1n) is 8.18. The summed E-state index contributed by atoms with van der Waals surface area (Å²) in [5, 5.41) is 0. The quantitative estimate of drug-likeness (QED) is 0.828. The molecule has 4 nitrogen and oxygen atoms in total. The maximum atomic E-state index is 13.9. The number of halogens is 1.